The maximum atomic E-state index is 14.6. The summed E-state index contributed by atoms with van der Waals surface area (Å²) in [5.41, 5.74) is 11.7. The van der Waals surface area contributed by atoms with Crippen molar-refractivity contribution >= 4 is 181 Å². The van der Waals surface area contributed by atoms with Crippen LogP contribution in [0.4, 0.5) is 26.7 Å². The molecular weight excluding hydrogens is 2090 g/mol. The van der Waals surface area contributed by atoms with Gasteiger partial charge in [0.25, 0.3) is 21.9 Å². The highest BCUT2D eigenvalue weighted by Crippen LogP contribution is 2.32. The second-order valence-electron chi connectivity index (χ2n) is 32.8. The molecule has 8 aromatic carbocycles. The van der Waals surface area contributed by atoms with Gasteiger partial charge in [-0.1, -0.05) is 169 Å². The number of aromatic carboxylic acids is 1. The lowest BCUT2D eigenvalue weighted by Gasteiger charge is -2.35. The van der Waals surface area contributed by atoms with Gasteiger partial charge in [-0.15, -0.1) is 24.2 Å². The number of nitrogens with one attached hydrogen (secondary N) is 3. The number of piperazine rings is 3. The van der Waals surface area contributed by atoms with Crippen molar-refractivity contribution in [1.82, 2.24) is 39.3 Å². The molecule has 42 heteroatoms. The van der Waals surface area contributed by atoms with Gasteiger partial charge in [-0.05, 0) is 247 Å². The predicted molar refractivity (Wildman–Crippen MR) is 536 cm³/mol. The number of hydrogen-bond acceptors (Lipinski definition) is 19. The van der Waals surface area contributed by atoms with Crippen molar-refractivity contribution in [3.8, 4) is 11.8 Å². The zero-order valence-corrected chi connectivity index (χ0v) is 87.8. The number of carboxylic acid groups (broad SMARTS) is 2. The van der Waals surface area contributed by atoms with Crippen LogP contribution in [-0.4, -0.2) is 202 Å². The number of halogens is 15. The summed E-state index contributed by atoms with van der Waals surface area (Å²) >= 11 is 50.8. The molecule has 24 nitrogen and oxygen atoms in total. The quantitative estimate of drug-likeness (QED) is 0.0179. The molecule has 6 N–H and O–H groups in total. The van der Waals surface area contributed by atoms with Gasteiger partial charge in [-0.2, -0.15) is 21.6 Å². The number of sulfonamides is 2. The number of hydrogen-bond donors (Lipinski definition) is 6. The third-order valence-corrected chi connectivity index (χ3v) is 28.3. The van der Waals surface area contributed by atoms with E-state index in [0.717, 1.165) is 163 Å². The topological polar surface area (TPSA) is 319 Å². The van der Waals surface area contributed by atoms with E-state index >= 15 is 0 Å². The molecule has 2 saturated carbocycles. The minimum absolute atomic E-state index is 0. The summed E-state index contributed by atoms with van der Waals surface area (Å²) in [6, 6.07) is 38.5. The molecule has 3 aliphatic heterocycles. The molecule has 3 heterocycles. The third-order valence-electron chi connectivity index (χ3n) is 20.2. The normalized spacial score (nSPS) is 14.5. The maximum Gasteiger partial charge on any atom is 0.490 e. The number of rotatable bonds is 20. The van der Waals surface area contributed by atoms with Crippen LogP contribution >= 0.6 is 121 Å². The Morgan fingerprint density at radius 1 is 0.471 bits per heavy atom. The van der Waals surface area contributed by atoms with E-state index in [9.17, 15) is 66.4 Å². The first-order valence-corrected chi connectivity index (χ1v) is 51.2. The summed E-state index contributed by atoms with van der Waals surface area (Å²) in [6.45, 7) is 35.2. The van der Waals surface area contributed by atoms with E-state index in [0.29, 0.717) is 71.8 Å². The number of ether oxygens (including phenoxy) is 1. The monoisotopic (exact) mass is 2190 g/mol. The molecule has 0 bridgehead atoms. The first-order valence-electron chi connectivity index (χ1n) is 42.1. The summed E-state index contributed by atoms with van der Waals surface area (Å²) < 4.78 is 143. The first-order chi connectivity index (χ1) is 63.0. The van der Waals surface area contributed by atoms with E-state index in [1.807, 2.05) is 108 Å². The molecule has 8 aromatic rings. The van der Waals surface area contributed by atoms with Crippen LogP contribution in [0.2, 0.25) is 40.2 Å². The number of amides is 3. The maximum absolute atomic E-state index is 14.6. The van der Waals surface area contributed by atoms with Crippen LogP contribution in [0.25, 0.3) is 0 Å². The van der Waals surface area contributed by atoms with Gasteiger partial charge >= 0.3 is 24.2 Å². The number of alkyl halides is 4. The van der Waals surface area contributed by atoms with Crippen molar-refractivity contribution in [2.45, 2.75) is 169 Å². The highest BCUT2D eigenvalue weighted by Gasteiger charge is 2.40. The van der Waals surface area contributed by atoms with Crippen molar-refractivity contribution in [2.24, 2.45) is 0 Å². The van der Waals surface area contributed by atoms with Crippen LogP contribution < -0.4 is 14.8 Å². The van der Waals surface area contributed by atoms with E-state index in [1.165, 1.54) is 40.5 Å². The molecule has 0 atom stereocenters. The second-order valence-corrected chi connectivity index (χ2v) is 42.2. The number of aryl methyl sites for hydroxylation is 6. The summed E-state index contributed by atoms with van der Waals surface area (Å²) in [7, 11) is -10.8. The summed E-state index contributed by atoms with van der Waals surface area (Å²) in [4.78, 5) is 66.5. The molecule has 3 saturated heterocycles. The van der Waals surface area contributed by atoms with Crippen LogP contribution in [0.5, 0.6) is 0 Å². The minimum Gasteiger partial charge on any atom is -0.478 e. The van der Waals surface area contributed by atoms with Crippen molar-refractivity contribution in [2.75, 3.05) is 84.8 Å². The summed E-state index contributed by atoms with van der Waals surface area (Å²) in [5, 5.41) is 31.8. The predicted octanol–water partition coefficient (Wildman–Crippen LogP) is 21.0. The van der Waals surface area contributed by atoms with E-state index in [-0.39, 0.29) is 58.4 Å². The molecule has 13 rings (SSSR count). The van der Waals surface area contributed by atoms with Gasteiger partial charge < -0.3 is 30.3 Å². The van der Waals surface area contributed by atoms with Crippen molar-refractivity contribution < 1.29 is 95.4 Å². The highest BCUT2D eigenvalue weighted by molar-refractivity contribution is 9.08. The fourth-order valence-corrected chi connectivity index (χ4v) is 17.1. The zero-order valence-electron chi connectivity index (χ0n) is 76.9. The van der Waals surface area contributed by atoms with E-state index in [2.05, 4.69) is 94.1 Å². The summed E-state index contributed by atoms with van der Waals surface area (Å²) in [6.07, 6.45) is -2.21. The van der Waals surface area contributed by atoms with Gasteiger partial charge in [0.1, 0.15) is 17.2 Å². The smallest absolute Gasteiger partial charge is 0.478 e. The van der Waals surface area contributed by atoms with Crippen LogP contribution in [0, 0.1) is 65.0 Å². The number of benzene rings is 8. The lowest BCUT2D eigenvalue weighted by molar-refractivity contribution is -0.192. The number of aliphatic hydroxyl groups is 1. The molecular formula is C94H113BrCl9F5N8O16S3. The molecule has 0 aromatic heterocycles. The molecule has 136 heavy (non-hydrogen) atoms. The molecule has 748 valence electrons. The Hall–Kier alpha value is -7.22. The lowest BCUT2D eigenvalue weighted by atomic mass is 10.1. The Bertz CT molecular complexity index is 5800. The van der Waals surface area contributed by atoms with Crippen molar-refractivity contribution in [3.63, 3.8) is 0 Å². The zero-order chi connectivity index (χ0) is 101. The minimum atomic E-state index is -5.08. The molecule has 5 aliphatic rings. The molecule has 3 amide bonds. The number of carboxylic acids is 2. The number of nitrogens with zero attached hydrogens (tertiary/aromatic N) is 5. The Labute approximate surface area is 848 Å². The Morgan fingerprint density at radius 2 is 0.787 bits per heavy atom. The number of carbonyl (C=O) groups excluding carboxylic acids is 3. The average Bonchev–Trinajstić information content (AvgIpc) is 1.65. The Morgan fingerprint density at radius 3 is 1.11 bits per heavy atom. The van der Waals surface area contributed by atoms with Gasteiger partial charge in [0, 0.05) is 150 Å². The van der Waals surface area contributed by atoms with Gasteiger partial charge in [-0.3, -0.25) is 33.4 Å². The summed E-state index contributed by atoms with van der Waals surface area (Å²) in [5.74, 6) is -1.89. The first kappa shape index (κ1) is 121. The number of aliphatic carboxylic acids is 1. The number of carbonyl (C=O) groups is 5. The van der Waals surface area contributed by atoms with E-state index in [4.69, 9.17) is 118 Å². The van der Waals surface area contributed by atoms with Crippen molar-refractivity contribution in [3.05, 3.63) is 274 Å². The fourth-order valence-electron chi connectivity index (χ4n) is 12.4. The second kappa shape index (κ2) is 57.6. The standard InChI is InChI=1S/C23H26Cl2FN3O3S.C17H25ClN2O2.C12H17ClN2.C11H10BrClFNO3S.C9H11ClO3S.C8H7ClO2.C8H9ClO.C4H6.C2HF3O2.ClH/c1-15-10-16(2-5-20(15)24)13-28-6-8-29(9-7-28)14-17-11-22(26)19(12-21(17)25)23(30)27-33(31,32)18-3-4-18;1-13-11-14(5-6-15(13)18)12-19-7-9-20(10-8-19)16(21)22-17(2,3)4;1-10-8-11(2-3-12(10)13)9-15-6-4-14-5-7-15;12-5-6-3-10(14)8(4-9(6)13)11(16)15-19(17,18)7-1-2-7;1-7-5-8(3-4-9(7)10)6-13-14(2,11)12;1-5-4-6(8(10)11)2-3-7(5)9;1-6-4-7(5-10)2-3-8(6)9;1-3-4-2;3-2(4,5)1(6)7;/h2,5,10-12,18H,3-4,6-9,13-14H2,1H3,(H,27,30);5-6,11H,7-10,12H2,1-4H3;2-3,8,14H,4-7,9H2,1H3;3-4,7H,1-2,5H2,(H,15,16);3-5H,6H2,1-2H3;2-4H,1H3,(H,10,11);2-4,10H,5H2,1H3;1-2H3;(H,6,7);1H. The molecule has 5 fully saturated rings. The molecule has 2 aliphatic carbocycles. The van der Waals surface area contributed by atoms with Gasteiger partial charge in [0.15, 0.2) is 0 Å². The van der Waals surface area contributed by atoms with Crippen LogP contribution in [0.3, 0.4) is 0 Å². The largest absolute Gasteiger partial charge is 0.490 e. The van der Waals surface area contributed by atoms with Gasteiger partial charge in [0.2, 0.25) is 20.0 Å². The van der Waals surface area contributed by atoms with Gasteiger partial charge in [-0.25, -0.2) is 49.4 Å². The third kappa shape index (κ3) is 44.3. The van der Waals surface area contributed by atoms with Crippen molar-refractivity contribution in [1.29, 1.82) is 0 Å². The van der Waals surface area contributed by atoms with E-state index in [1.54, 1.807) is 48.2 Å². The van der Waals surface area contributed by atoms with Gasteiger partial charge in [0.05, 0.1) is 46.7 Å². The Balaban J connectivity index is 0.000000335. The number of aliphatic hydroxyl groups excluding tert-OH is 1. The highest BCUT2D eigenvalue weighted by atomic mass is 79.9. The Kier molecular flexibility index (Phi) is 51.3. The fraction of sp³-hybridized carbons (Fsp3) is 0.415. The molecule has 0 radical (unpaired) electrons. The van der Waals surface area contributed by atoms with Crippen LogP contribution in [0.15, 0.2) is 133 Å². The average molecular weight is 2200 g/mol. The molecule has 0 unspecified atom stereocenters. The van der Waals surface area contributed by atoms with E-state index < -0.39 is 87.8 Å². The lowest BCUT2D eigenvalue weighted by Crippen LogP contribution is -2.49. The SMILES string of the molecule is CC#CC.Cc1cc(C(=O)O)ccc1Cl.Cc1cc(CN2CCN(C(=O)OC(C)(C)C)CC2)ccc1Cl.Cc1cc(CN2CCN(Cc3cc(F)c(C(=O)NS(=O)(=O)C4CC4)cc3Cl)CC2)ccc1Cl.Cc1cc(CN2CCNCC2)ccc1Cl.Cc1cc(CO)ccc1Cl.Cc1cc(COS(C)(=O)=O)ccc1Cl.Cl.O=C(NS(=O)(=O)C1CC1)c1cc(Cl)c(CBr)cc1F.O=C(O)C(F)(F)F. The van der Waals surface area contributed by atoms with Crippen LogP contribution in [-0.2, 0) is 88.6 Å². The molecule has 0 spiro atoms. The van der Waals surface area contributed by atoms with Crippen LogP contribution in [0.1, 0.15) is 164 Å².